The highest BCUT2D eigenvalue weighted by Gasteiger charge is 2.25. The van der Waals surface area contributed by atoms with E-state index in [1.54, 1.807) is 0 Å². The molecule has 1 N–H and O–H groups in total. The quantitative estimate of drug-likeness (QED) is 0.904. The van der Waals surface area contributed by atoms with Crippen LogP contribution in [0.4, 0.5) is 5.69 Å². The summed E-state index contributed by atoms with van der Waals surface area (Å²) in [5.74, 6) is 0.0597. The Morgan fingerprint density at radius 3 is 2.76 bits per heavy atom. The van der Waals surface area contributed by atoms with E-state index in [-0.39, 0.29) is 24.6 Å². The molecule has 1 aromatic carbocycles. The van der Waals surface area contributed by atoms with Gasteiger partial charge in [0.05, 0.1) is 5.75 Å². The van der Waals surface area contributed by atoms with E-state index >= 15 is 0 Å². The van der Waals surface area contributed by atoms with Crippen molar-refractivity contribution in [2.45, 2.75) is 32.6 Å². The predicted octanol–water partition coefficient (Wildman–Crippen LogP) is 2.00. The second-order valence-corrected chi connectivity index (χ2v) is 7.32. The lowest BCUT2D eigenvalue weighted by molar-refractivity contribution is -0.116. The zero-order valence-electron chi connectivity index (χ0n) is 12.3. The molecular weight excluding hydrogens is 288 g/mol. The van der Waals surface area contributed by atoms with E-state index in [9.17, 15) is 13.2 Å². The number of benzene rings is 1. The second-order valence-electron chi connectivity index (χ2n) is 5.23. The number of carbonyl (C=O) groups is 1. The highest BCUT2D eigenvalue weighted by Crippen LogP contribution is 2.17. The lowest BCUT2D eigenvalue weighted by Crippen LogP contribution is -2.39. The third-order valence-corrected chi connectivity index (χ3v) is 5.67. The van der Waals surface area contributed by atoms with Gasteiger partial charge < -0.3 is 5.32 Å². The number of nitrogens with one attached hydrogen (secondary N) is 1. The standard InChI is InChI=1S/C15H22N2O3S/c1-2-13-7-3-4-8-14(13)16-15(18)9-11-17-10-5-6-12-21(17,19)20/h3-4,7-8H,2,5-6,9-12H2,1H3,(H,16,18). The summed E-state index contributed by atoms with van der Waals surface area (Å²) in [4.78, 5) is 12.0. The Kier molecular flexibility index (Phi) is 5.36. The maximum Gasteiger partial charge on any atom is 0.225 e. The molecule has 0 radical (unpaired) electrons. The first-order chi connectivity index (χ1) is 10.0. The van der Waals surface area contributed by atoms with Crippen LogP contribution in [0.2, 0.25) is 0 Å². The summed E-state index contributed by atoms with van der Waals surface area (Å²) in [7, 11) is -3.15. The fourth-order valence-corrected chi connectivity index (χ4v) is 4.09. The zero-order chi connectivity index (χ0) is 15.3. The molecule has 6 heteroatoms. The molecule has 5 nitrogen and oxygen atoms in total. The van der Waals surface area contributed by atoms with Crippen molar-refractivity contribution in [1.82, 2.24) is 4.31 Å². The van der Waals surface area contributed by atoms with Crippen molar-refractivity contribution >= 4 is 21.6 Å². The molecule has 116 valence electrons. The van der Waals surface area contributed by atoms with Gasteiger partial charge in [0.2, 0.25) is 15.9 Å². The number of hydrogen-bond donors (Lipinski definition) is 1. The Balaban J connectivity index is 1.90. The molecule has 1 heterocycles. The fraction of sp³-hybridized carbons (Fsp3) is 0.533. The van der Waals surface area contributed by atoms with Crippen LogP contribution in [0.3, 0.4) is 0 Å². The first-order valence-corrected chi connectivity index (χ1v) is 8.99. The molecular formula is C15H22N2O3S. The van der Waals surface area contributed by atoms with E-state index in [0.29, 0.717) is 6.54 Å². The SMILES string of the molecule is CCc1ccccc1NC(=O)CCN1CCCCS1(=O)=O. The number of sulfonamides is 1. The van der Waals surface area contributed by atoms with Gasteiger partial charge in [-0.3, -0.25) is 4.79 Å². The van der Waals surface area contributed by atoms with Gasteiger partial charge in [-0.1, -0.05) is 25.1 Å². The van der Waals surface area contributed by atoms with Crippen molar-refractivity contribution in [1.29, 1.82) is 0 Å². The second kappa shape index (κ2) is 7.04. The lowest BCUT2D eigenvalue weighted by Gasteiger charge is -2.25. The number of para-hydroxylation sites is 1. The van der Waals surface area contributed by atoms with E-state index in [0.717, 1.165) is 30.5 Å². The van der Waals surface area contributed by atoms with Gasteiger partial charge in [-0.2, -0.15) is 0 Å². The van der Waals surface area contributed by atoms with Crippen LogP contribution < -0.4 is 5.32 Å². The maximum absolute atomic E-state index is 12.0. The van der Waals surface area contributed by atoms with Gasteiger partial charge in [0, 0.05) is 25.2 Å². The number of carbonyl (C=O) groups excluding carboxylic acids is 1. The minimum Gasteiger partial charge on any atom is -0.326 e. The van der Waals surface area contributed by atoms with Gasteiger partial charge in [0.15, 0.2) is 0 Å². The Morgan fingerprint density at radius 2 is 2.05 bits per heavy atom. The normalized spacial score (nSPS) is 18.3. The molecule has 1 saturated heterocycles. The summed E-state index contributed by atoms with van der Waals surface area (Å²) in [6.45, 7) is 2.83. The van der Waals surface area contributed by atoms with Crippen molar-refractivity contribution in [2.24, 2.45) is 0 Å². The highest BCUT2D eigenvalue weighted by molar-refractivity contribution is 7.89. The van der Waals surface area contributed by atoms with E-state index in [4.69, 9.17) is 0 Å². The Labute approximate surface area is 126 Å². The Hall–Kier alpha value is -1.40. The Bertz CT molecular complexity index is 599. The third kappa shape index (κ3) is 4.28. The molecule has 0 bridgehead atoms. The van der Waals surface area contributed by atoms with Crippen molar-refractivity contribution in [2.75, 3.05) is 24.2 Å². The number of aryl methyl sites for hydroxylation is 1. The monoisotopic (exact) mass is 310 g/mol. The van der Waals surface area contributed by atoms with Crippen molar-refractivity contribution in [3.63, 3.8) is 0 Å². The van der Waals surface area contributed by atoms with Gasteiger partial charge in [-0.05, 0) is 30.9 Å². The minimum atomic E-state index is -3.15. The summed E-state index contributed by atoms with van der Waals surface area (Å²) in [6.07, 6.45) is 2.63. The molecule has 0 aliphatic carbocycles. The van der Waals surface area contributed by atoms with Crippen LogP contribution >= 0.6 is 0 Å². The molecule has 1 aromatic rings. The van der Waals surface area contributed by atoms with Crippen LogP contribution in [-0.2, 0) is 21.2 Å². The Morgan fingerprint density at radius 1 is 1.29 bits per heavy atom. The average molecular weight is 310 g/mol. The average Bonchev–Trinajstić information content (AvgIpc) is 2.46. The van der Waals surface area contributed by atoms with E-state index in [1.165, 1.54) is 4.31 Å². The molecule has 1 fully saturated rings. The van der Waals surface area contributed by atoms with Crippen molar-refractivity contribution in [3.8, 4) is 0 Å². The zero-order valence-corrected chi connectivity index (χ0v) is 13.2. The summed E-state index contributed by atoms with van der Waals surface area (Å²) in [6, 6.07) is 7.66. The molecule has 1 aliphatic rings. The first kappa shape index (κ1) is 16.0. The molecule has 0 unspecified atom stereocenters. The molecule has 1 aliphatic heterocycles. The number of nitrogens with zero attached hydrogens (tertiary/aromatic N) is 1. The fourth-order valence-electron chi connectivity index (χ4n) is 2.48. The van der Waals surface area contributed by atoms with Crippen LogP contribution in [0.15, 0.2) is 24.3 Å². The van der Waals surface area contributed by atoms with Gasteiger partial charge in [-0.15, -0.1) is 0 Å². The van der Waals surface area contributed by atoms with Gasteiger partial charge in [-0.25, -0.2) is 12.7 Å². The maximum atomic E-state index is 12.0. The number of amides is 1. The number of rotatable bonds is 5. The van der Waals surface area contributed by atoms with Crippen LogP contribution in [0, 0.1) is 0 Å². The molecule has 0 saturated carbocycles. The topological polar surface area (TPSA) is 66.5 Å². The van der Waals surface area contributed by atoms with Gasteiger partial charge in [0.25, 0.3) is 0 Å². The van der Waals surface area contributed by atoms with E-state index in [2.05, 4.69) is 5.32 Å². The van der Waals surface area contributed by atoms with E-state index < -0.39 is 10.0 Å². The largest absolute Gasteiger partial charge is 0.326 e. The molecule has 2 rings (SSSR count). The summed E-state index contributed by atoms with van der Waals surface area (Å²) >= 11 is 0. The molecule has 0 spiro atoms. The summed E-state index contributed by atoms with van der Waals surface area (Å²) in [5.41, 5.74) is 1.89. The van der Waals surface area contributed by atoms with Crippen LogP contribution in [0.5, 0.6) is 0 Å². The van der Waals surface area contributed by atoms with Crippen molar-refractivity contribution < 1.29 is 13.2 Å². The van der Waals surface area contributed by atoms with Crippen molar-refractivity contribution in [3.05, 3.63) is 29.8 Å². The first-order valence-electron chi connectivity index (χ1n) is 7.38. The van der Waals surface area contributed by atoms with Crippen LogP contribution in [0.25, 0.3) is 0 Å². The van der Waals surface area contributed by atoms with Gasteiger partial charge in [0.1, 0.15) is 0 Å². The van der Waals surface area contributed by atoms with Crippen LogP contribution in [0.1, 0.15) is 31.7 Å². The summed E-state index contributed by atoms with van der Waals surface area (Å²) < 4.78 is 25.1. The third-order valence-electron chi connectivity index (χ3n) is 3.71. The summed E-state index contributed by atoms with van der Waals surface area (Å²) in [5, 5.41) is 2.87. The van der Waals surface area contributed by atoms with Gasteiger partial charge >= 0.3 is 0 Å². The minimum absolute atomic E-state index is 0.142. The molecule has 0 atom stereocenters. The number of hydrogen-bond acceptors (Lipinski definition) is 3. The van der Waals surface area contributed by atoms with Crippen LogP contribution in [-0.4, -0.2) is 37.5 Å². The number of anilines is 1. The smallest absolute Gasteiger partial charge is 0.225 e. The van der Waals surface area contributed by atoms with E-state index in [1.807, 2.05) is 31.2 Å². The predicted molar refractivity (Wildman–Crippen MR) is 83.7 cm³/mol. The molecule has 21 heavy (non-hydrogen) atoms. The molecule has 1 amide bonds. The highest BCUT2D eigenvalue weighted by atomic mass is 32.2. The lowest BCUT2D eigenvalue weighted by atomic mass is 10.1. The molecule has 0 aromatic heterocycles.